The Bertz CT molecular complexity index is 620. The largest absolute Gasteiger partial charge is 0.490 e. The van der Waals surface area contributed by atoms with E-state index in [1.54, 1.807) is 0 Å². The van der Waals surface area contributed by atoms with Crippen molar-refractivity contribution in [2.45, 2.75) is 45.1 Å². The quantitative estimate of drug-likeness (QED) is 0.614. The SMILES string of the molecule is CC(NCC1CCCCC1)c1ccc(OCCOc2ccccc2)cc1. The maximum Gasteiger partial charge on any atom is 0.122 e. The summed E-state index contributed by atoms with van der Waals surface area (Å²) in [5, 5.41) is 3.70. The molecule has 140 valence electrons. The van der Waals surface area contributed by atoms with Crippen LogP contribution < -0.4 is 14.8 Å². The van der Waals surface area contributed by atoms with Gasteiger partial charge in [0, 0.05) is 6.04 Å². The zero-order valence-electron chi connectivity index (χ0n) is 15.8. The summed E-state index contributed by atoms with van der Waals surface area (Å²) >= 11 is 0. The molecule has 3 rings (SSSR count). The molecule has 1 fully saturated rings. The van der Waals surface area contributed by atoms with E-state index < -0.39 is 0 Å². The van der Waals surface area contributed by atoms with Crippen LogP contribution in [0.2, 0.25) is 0 Å². The summed E-state index contributed by atoms with van der Waals surface area (Å²) in [6, 6.07) is 18.6. The number of para-hydroxylation sites is 1. The molecule has 1 N–H and O–H groups in total. The Morgan fingerprint density at radius 1 is 0.846 bits per heavy atom. The highest BCUT2D eigenvalue weighted by molar-refractivity contribution is 5.29. The maximum absolute atomic E-state index is 5.77. The van der Waals surface area contributed by atoms with Crippen LogP contribution in [0, 0.1) is 5.92 Å². The van der Waals surface area contributed by atoms with Crippen molar-refractivity contribution in [3.63, 3.8) is 0 Å². The number of ether oxygens (including phenoxy) is 2. The molecule has 1 saturated carbocycles. The number of benzene rings is 2. The van der Waals surface area contributed by atoms with Gasteiger partial charge in [-0.15, -0.1) is 0 Å². The fourth-order valence-electron chi connectivity index (χ4n) is 3.54. The van der Waals surface area contributed by atoms with Gasteiger partial charge in [0.2, 0.25) is 0 Å². The Kier molecular flexibility index (Phi) is 7.38. The molecule has 2 aromatic rings. The van der Waals surface area contributed by atoms with Crippen LogP contribution in [0.5, 0.6) is 11.5 Å². The molecule has 3 nitrogen and oxygen atoms in total. The molecule has 0 aromatic heterocycles. The van der Waals surface area contributed by atoms with Crippen molar-refractivity contribution in [1.29, 1.82) is 0 Å². The van der Waals surface area contributed by atoms with Crippen molar-refractivity contribution in [2.75, 3.05) is 19.8 Å². The van der Waals surface area contributed by atoms with Gasteiger partial charge in [0.25, 0.3) is 0 Å². The number of hydrogen-bond acceptors (Lipinski definition) is 3. The Hall–Kier alpha value is -2.00. The highest BCUT2D eigenvalue weighted by atomic mass is 16.5. The second-order valence-electron chi connectivity index (χ2n) is 7.21. The van der Waals surface area contributed by atoms with Crippen LogP contribution in [0.4, 0.5) is 0 Å². The zero-order valence-corrected chi connectivity index (χ0v) is 15.8. The van der Waals surface area contributed by atoms with Crippen LogP contribution in [-0.4, -0.2) is 19.8 Å². The minimum Gasteiger partial charge on any atom is -0.490 e. The van der Waals surface area contributed by atoms with Crippen LogP contribution >= 0.6 is 0 Å². The molecule has 0 bridgehead atoms. The van der Waals surface area contributed by atoms with E-state index in [9.17, 15) is 0 Å². The zero-order chi connectivity index (χ0) is 18.0. The standard InChI is InChI=1S/C23H31NO2/c1-19(24-18-20-8-4-2-5-9-20)21-12-14-23(15-13-21)26-17-16-25-22-10-6-3-7-11-22/h3,6-7,10-15,19-20,24H,2,4-5,8-9,16-18H2,1H3. The van der Waals surface area contributed by atoms with Gasteiger partial charge in [-0.1, -0.05) is 49.6 Å². The van der Waals surface area contributed by atoms with E-state index in [1.807, 2.05) is 30.3 Å². The topological polar surface area (TPSA) is 30.5 Å². The highest BCUT2D eigenvalue weighted by Crippen LogP contribution is 2.24. The molecule has 1 unspecified atom stereocenters. The highest BCUT2D eigenvalue weighted by Gasteiger charge is 2.14. The van der Waals surface area contributed by atoms with Crippen LogP contribution in [0.1, 0.15) is 50.6 Å². The molecule has 3 heteroatoms. The normalized spacial score (nSPS) is 16.2. The molecular formula is C23H31NO2. The smallest absolute Gasteiger partial charge is 0.122 e. The molecule has 1 aliphatic carbocycles. The third-order valence-electron chi connectivity index (χ3n) is 5.18. The molecule has 0 spiro atoms. The van der Waals surface area contributed by atoms with E-state index in [4.69, 9.17) is 9.47 Å². The molecule has 0 saturated heterocycles. The fraction of sp³-hybridized carbons (Fsp3) is 0.478. The van der Waals surface area contributed by atoms with Gasteiger partial charge in [0.05, 0.1) is 0 Å². The summed E-state index contributed by atoms with van der Waals surface area (Å²) in [6.45, 7) is 4.47. The molecule has 1 atom stereocenters. The lowest BCUT2D eigenvalue weighted by Gasteiger charge is -2.24. The first-order chi connectivity index (χ1) is 12.8. The second-order valence-corrected chi connectivity index (χ2v) is 7.21. The molecule has 0 aliphatic heterocycles. The van der Waals surface area contributed by atoms with Gasteiger partial charge in [-0.25, -0.2) is 0 Å². The molecular weight excluding hydrogens is 322 g/mol. The summed E-state index contributed by atoms with van der Waals surface area (Å²) in [7, 11) is 0. The van der Waals surface area contributed by atoms with Crippen molar-refractivity contribution in [3.05, 3.63) is 60.2 Å². The first kappa shape index (κ1) is 18.8. The van der Waals surface area contributed by atoms with Crippen molar-refractivity contribution in [2.24, 2.45) is 5.92 Å². The van der Waals surface area contributed by atoms with Crippen molar-refractivity contribution >= 4 is 0 Å². The van der Waals surface area contributed by atoms with Crippen molar-refractivity contribution in [3.8, 4) is 11.5 Å². The first-order valence-electron chi connectivity index (χ1n) is 9.95. The van der Waals surface area contributed by atoms with E-state index in [2.05, 4.69) is 36.5 Å². The van der Waals surface area contributed by atoms with Gasteiger partial charge in [0.15, 0.2) is 0 Å². The minimum atomic E-state index is 0.382. The van der Waals surface area contributed by atoms with Crippen LogP contribution in [0.3, 0.4) is 0 Å². The lowest BCUT2D eigenvalue weighted by Crippen LogP contribution is -2.27. The Morgan fingerprint density at radius 2 is 1.46 bits per heavy atom. The summed E-state index contributed by atoms with van der Waals surface area (Å²) < 4.78 is 11.4. The predicted molar refractivity (Wildman–Crippen MR) is 107 cm³/mol. The third-order valence-corrected chi connectivity index (χ3v) is 5.18. The molecule has 0 radical (unpaired) electrons. The van der Waals surface area contributed by atoms with Gasteiger partial charge in [-0.3, -0.25) is 0 Å². The summed E-state index contributed by atoms with van der Waals surface area (Å²) in [5.41, 5.74) is 1.31. The molecule has 0 amide bonds. The van der Waals surface area contributed by atoms with E-state index in [-0.39, 0.29) is 0 Å². The van der Waals surface area contributed by atoms with E-state index in [1.165, 1.54) is 37.7 Å². The molecule has 0 heterocycles. The fourth-order valence-corrected chi connectivity index (χ4v) is 3.54. The van der Waals surface area contributed by atoms with E-state index in [0.717, 1.165) is 24.0 Å². The van der Waals surface area contributed by atoms with Gasteiger partial charge < -0.3 is 14.8 Å². The number of hydrogen-bond donors (Lipinski definition) is 1. The molecule has 26 heavy (non-hydrogen) atoms. The second kappa shape index (κ2) is 10.2. The van der Waals surface area contributed by atoms with E-state index >= 15 is 0 Å². The van der Waals surface area contributed by atoms with Gasteiger partial charge in [-0.2, -0.15) is 0 Å². The van der Waals surface area contributed by atoms with Crippen LogP contribution in [-0.2, 0) is 0 Å². The number of nitrogens with one attached hydrogen (secondary N) is 1. The van der Waals surface area contributed by atoms with Gasteiger partial charge in [0.1, 0.15) is 24.7 Å². The average Bonchev–Trinajstić information content (AvgIpc) is 2.71. The van der Waals surface area contributed by atoms with Gasteiger partial charge >= 0.3 is 0 Å². The Balaban J connectivity index is 1.37. The van der Waals surface area contributed by atoms with Crippen LogP contribution in [0.15, 0.2) is 54.6 Å². The monoisotopic (exact) mass is 353 g/mol. The lowest BCUT2D eigenvalue weighted by atomic mass is 9.89. The first-order valence-corrected chi connectivity index (χ1v) is 9.95. The van der Waals surface area contributed by atoms with Gasteiger partial charge in [-0.05, 0) is 62.1 Å². The summed E-state index contributed by atoms with van der Waals surface area (Å²) in [4.78, 5) is 0. The lowest BCUT2D eigenvalue weighted by molar-refractivity contribution is 0.217. The summed E-state index contributed by atoms with van der Waals surface area (Å²) in [6.07, 6.45) is 7.00. The average molecular weight is 354 g/mol. The Labute approximate surface area is 157 Å². The number of rotatable bonds is 9. The summed E-state index contributed by atoms with van der Waals surface area (Å²) in [5.74, 6) is 2.63. The predicted octanol–water partition coefficient (Wildman–Crippen LogP) is 5.38. The Morgan fingerprint density at radius 3 is 2.12 bits per heavy atom. The van der Waals surface area contributed by atoms with E-state index in [0.29, 0.717) is 19.3 Å². The third kappa shape index (κ3) is 6.06. The van der Waals surface area contributed by atoms with Crippen LogP contribution in [0.25, 0.3) is 0 Å². The maximum atomic E-state index is 5.77. The molecule has 2 aromatic carbocycles. The van der Waals surface area contributed by atoms with Crippen molar-refractivity contribution < 1.29 is 9.47 Å². The van der Waals surface area contributed by atoms with Crippen molar-refractivity contribution in [1.82, 2.24) is 5.32 Å². The minimum absolute atomic E-state index is 0.382. The molecule has 1 aliphatic rings.